The molecule has 1 heterocycles. The van der Waals surface area contributed by atoms with Crippen LogP contribution in [0.3, 0.4) is 0 Å². The summed E-state index contributed by atoms with van der Waals surface area (Å²) in [4.78, 5) is 1.95. The fourth-order valence-corrected chi connectivity index (χ4v) is 3.38. The number of aliphatic hydroxyl groups is 1. The molecular formula is C19H20BrClF3NO3. The first-order valence-electron chi connectivity index (χ1n) is 8.47. The molecule has 0 spiro atoms. The standard InChI is InChI=1S/C19H19BrF3NO3.ClH/c20-13-7-16(22)19(17(23)8-13)27-11-15(25)9-24-4-5-26-18(10-24)12-2-1-3-14(21)6-12;/h1-3,6-8,15,18,25H,4-5,9-11H2;1H. The molecule has 1 fully saturated rings. The summed E-state index contributed by atoms with van der Waals surface area (Å²) < 4.78 is 52.0. The predicted octanol–water partition coefficient (Wildman–Crippen LogP) is 4.10. The first-order chi connectivity index (χ1) is 12.9. The highest BCUT2D eigenvalue weighted by molar-refractivity contribution is 9.10. The summed E-state index contributed by atoms with van der Waals surface area (Å²) in [5, 5.41) is 10.2. The van der Waals surface area contributed by atoms with Crippen molar-refractivity contribution in [1.29, 1.82) is 0 Å². The molecule has 0 radical (unpaired) electrons. The van der Waals surface area contributed by atoms with Gasteiger partial charge in [-0.2, -0.15) is 0 Å². The molecule has 2 atom stereocenters. The van der Waals surface area contributed by atoms with Crippen LogP contribution < -0.4 is 4.74 Å². The molecule has 1 aliphatic rings. The largest absolute Gasteiger partial charge is 0.485 e. The van der Waals surface area contributed by atoms with Gasteiger partial charge in [0, 0.05) is 24.1 Å². The van der Waals surface area contributed by atoms with E-state index >= 15 is 0 Å². The van der Waals surface area contributed by atoms with Gasteiger partial charge in [-0.3, -0.25) is 4.90 Å². The van der Waals surface area contributed by atoms with Gasteiger partial charge in [-0.05, 0) is 29.8 Å². The zero-order valence-corrected chi connectivity index (χ0v) is 17.2. The minimum Gasteiger partial charge on any atom is -0.485 e. The average molecular weight is 483 g/mol. The molecule has 1 N–H and O–H groups in total. The van der Waals surface area contributed by atoms with Crippen molar-refractivity contribution in [3.05, 3.63) is 63.9 Å². The molecule has 2 unspecified atom stereocenters. The number of aliphatic hydroxyl groups excluding tert-OH is 1. The van der Waals surface area contributed by atoms with Gasteiger partial charge in [-0.1, -0.05) is 28.1 Å². The molecule has 0 aromatic heterocycles. The third kappa shape index (κ3) is 6.09. The van der Waals surface area contributed by atoms with Gasteiger partial charge >= 0.3 is 0 Å². The van der Waals surface area contributed by atoms with Gasteiger partial charge in [0.25, 0.3) is 0 Å². The van der Waals surface area contributed by atoms with E-state index in [4.69, 9.17) is 9.47 Å². The highest BCUT2D eigenvalue weighted by Crippen LogP contribution is 2.26. The maximum Gasteiger partial charge on any atom is 0.190 e. The average Bonchev–Trinajstić information content (AvgIpc) is 2.61. The van der Waals surface area contributed by atoms with Crippen LogP contribution in [0.25, 0.3) is 0 Å². The Bertz CT molecular complexity index is 776. The molecule has 9 heteroatoms. The Kier molecular flexibility index (Phi) is 8.57. The SMILES string of the molecule is Cl.OC(COc1c(F)cc(Br)cc1F)CN1CCOC(c2cccc(F)c2)C1. The van der Waals surface area contributed by atoms with Crippen molar-refractivity contribution in [2.45, 2.75) is 12.2 Å². The molecule has 3 rings (SSSR count). The third-order valence-corrected chi connectivity index (χ3v) is 4.68. The van der Waals surface area contributed by atoms with Crippen molar-refractivity contribution < 1.29 is 27.8 Å². The molecule has 0 bridgehead atoms. The van der Waals surface area contributed by atoms with E-state index in [-0.39, 0.29) is 42.0 Å². The molecule has 0 aliphatic carbocycles. The van der Waals surface area contributed by atoms with Crippen molar-refractivity contribution in [2.24, 2.45) is 0 Å². The van der Waals surface area contributed by atoms with Crippen LogP contribution in [0.1, 0.15) is 11.7 Å². The number of hydrogen-bond acceptors (Lipinski definition) is 4. The number of morpholine rings is 1. The quantitative estimate of drug-likeness (QED) is 0.673. The zero-order valence-electron chi connectivity index (χ0n) is 14.8. The number of rotatable bonds is 6. The van der Waals surface area contributed by atoms with E-state index in [1.54, 1.807) is 12.1 Å². The smallest absolute Gasteiger partial charge is 0.190 e. The van der Waals surface area contributed by atoms with Crippen LogP contribution >= 0.6 is 28.3 Å². The maximum atomic E-state index is 13.8. The molecule has 0 amide bonds. The highest BCUT2D eigenvalue weighted by atomic mass is 79.9. The summed E-state index contributed by atoms with van der Waals surface area (Å²) in [5.41, 5.74) is 0.726. The maximum absolute atomic E-state index is 13.8. The van der Waals surface area contributed by atoms with Crippen molar-refractivity contribution >= 4 is 28.3 Å². The number of β-amino-alcohol motifs (C(OH)–C–C–N with tert-alkyl or cyclic N) is 1. The summed E-state index contributed by atoms with van der Waals surface area (Å²) >= 11 is 3.00. The fourth-order valence-electron chi connectivity index (χ4n) is 2.97. The summed E-state index contributed by atoms with van der Waals surface area (Å²) in [6, 6.07) is 8.39. The molecule has 2 aromatic rings. The Labute approximate surface area is 175 Å². The summed E-state index contributed by atoms with van der Waals surface area (Å²) in [7, 11) is 0. The van der Waals surface area contributed by atoms with Crippen LogP contribution in [0.5, 0.6) is 5.75 Å². The number of halogens is 5. The van der Waals surface area contributed by atoms with Crippen LogP contribution in [0, 0.1) is 17.5 Å². The van der Waals surface area contributed by atoms with Crippen LogP contribution in [0.2, 0.25) is 0 Å². The Morgan fingerprint density at radius 3 is 2.61 bits per heavy atom. The van der Waals surface area contributed by atoms with Gasteiger partial charge < -0.3 is 14.6 Å². The zero-order chi connectivity index (χ0) is 19.4. The second-order valence-corrected chi connectivity index (χ2v) is 7.25. The Morgan fingerprint density at radius 1 is 1.21 bits per heavy atom. The summed E-state index contributed by atoms with van der Waals surface area (Å²) in [5.74, 6) is -2.53. The van der Waals surface area contributed by atoms with Crippen LogP contribution in [-0.2, 0) is 4.74 Å². The van der Waals surface area contributed by atoms with E-state index < -0.39 is 23.5 Å². The normalized spacial score (nSPS) is 18.4. The number of hydrogen-bond donors (Lipinski definition) is 1. The first kappa shape index (κ1) is 23.0. The Morgan fingerprint density at radius 2 is 1.93 bits per heavy atom. The van der Waals surface area contributed by atoms with E-state index in [1.807, 2.05) is 4.90 Å². The molecule has 1 aliphatic heterocycles. The molecule has 2 aromatic carbocycles. The molecular weight excluding hydrogens is 463 g/mol. The monoisotopic (exact) mass is 481 g/mol. The number of nitrogens with zero attached hydrogens (tertiary/aromatic N) is 1. The Balaban J connectivity index is 0.00000280. The lowest BCUT2D eigenvalue weighted by atomic mass is 10.1. The molecule has 4 nitrogen and oxygen atoms in total. The molecule has 28 heavy (non-hydrogen) atoms. The number of benzene rings is 2. The Hall–Kier alpha value is -1.32. The van der Waals surface area contributed by atoms with Gasteiger partial charge in [0.2, 0.25) is 0 Å². The number of ether oxygens (including phenoxy) is 2. The molecule has 154 valence electrons. The molecule has 0 saturated carbocycles. The van der Waals surface area contributed by atoms with E-state index in [1.165, 1.54) is 12.1 Å². The van der Waals surface area contributed by atoms with Crippen LogP contribution in [0.4, 0.5) is 13.2 Å². The van der Waals surface area contributed by atoms with E-state index in [2.05, 4.69) is 15.9 Å². The van der Waals surface area contributed by atoms with E-state index in [0.717, 1.165) is 17.7 Å². The minimum atomic E-state index is -0.946. The van der Waals surface area contributed by atoms with Crippen molar-refractivity contribution in [3.63, 3.8) is 0 Å². The second-order valence-electron chi connectivity index (χ2n) is 6.34. The van der Waals surface area contributed by atoms with Crippen molar-refractivity contribution in [2.75, 3.05) is 32.8 Å². The van der Waals surface area contributed by atoms with Gasteiger partial charge in [0.15, 0.2) is 17.4 Å². The van der Waals surface area contributed by atoms with Crippen molar-refractivity contribution in [3.8, 4) is 5.75 Å². The van der Waals surface area contributed by atoms with E-state index in [9.17, 15) is 18.3 Å². The molecule has 1 saturated heterocycles. The van der Waals surface area contributed by atoms with Gasteiger partial charge in [-0.25, -0.2) is 13.2 Å². The highest BCUT2D eigenvalue weighted by Gasteiger charge is 2.24. The second kappa shape index (κ2) is 10.5. The topological polar surface area (TPSA) is 41.9 Å². The summed E-state index contributed by atoms with van der Waals surface area (Å²) in [6.07, 6.45) is -1.25. The minimum absolute atomic E-state index is 0. The predicted molar refractivity (Wildman–Crippen MR) is 104 cm³/mol. The first-order valence-corrected chi connectivity index (χ1v) is 9.26. The fraction of sp³-hybridized carbons (Fsp3) is 0.368. The summed E-state index contributed by atoms with van der Waals surface area (Å²) in [6.45, 7) is 1.49. The van der Waals surface area contributed by atoms with Gasteiger partial charge in [-0.15, -0.1) is 12.4 Å². The lowest BCUT2D eigenvalue weighted by Gasteiger charge is -2.34. The third-order valence-electron chi connectivity index (χ3n) is 4.22. The van der Waals surface area contributed by atoms with Crippen LogP contribution in [0.15, 0.2) is 40.9 Å². The van der Waals surface area contributed by atoms with Gasteiger partial charge in [0.05, 0.1) is 12.7 Å². The van der Waals surface area contributed by atoms with Gasteiger partial charge in [0.1, 0.15) is 18.5 Å². The van der Waals surface area contributed by atoms with Crippen LogP contribution in [-0.4, -0.2) is 49.0 Å². The van der Waals surface area contributed by atoms with Crippen molar-refractivity contribution in [1.82, 2.24) is 4.90 Å². The lowest BCUT2D eigenvalue weighted by molar-refractivity contribution is -0.0462. The van der Waals surface area contributed by atoms with E-state index in [0.29, 0.717) is 19.7 Å². The lowest BCUT2D eigenvalue weighted by Crippen LogP contribution is -2.43.